The fourth-order valence-electron chi connectivity index (χ4n) is 4.42. The van der Waals surface area contributed by atoms with Crippen molar-refractivity contribution in [3.8, 4) is 0 Å². The first-order chi connectivity index (χ1) is 16.0. The minimum Gasteiger partial charge on any atom is -0.337 e. The average Bonchev–Trinajstić information content (AvgIpc) is 3.38. The first-order valence-electron chi connectivity index (χ1n) is 11.1. The molecule has 2 aliphatic heterocycles. The van der Waals surface area contributed by atoms with Gasteiger partial charge in [0.2, 0.25) is 11.8 Å². The normalized spacial score (nSPS) is 18.4. The Kier molecular flexibility index (Phi) is 6.44. The van der Waals surface area contributed by atoms with E-state index < -0.39 is 0 Å². The fourth-order valence-corrected chi connectivity index (χ4v) is 5.67. The van der Waals surface area contributed by atoms with Gasteiger partial charge in [0.15, 0.2) is 5.13 Å². The highest BCUT2D eigenvalue weighted by Crippen LogP contribution is 2.30. The van der Waals surface area contributed by atoms with Crippen LogP contribution in [0, 0.1) is 5.92 Å². The number of fused-ring (bicyclic) bond motifs is 1. The van der Waals surface area contributed by atoms with E-state index in [1.807, 2.05) is 30.3 Å². The maximum Gasteiger partial charge on any atom is 0.231 e. The number of likely N-dealkylation sites (tertiary alicyclic amines) is 1. The summed E-state index contributed by atoms with van der Waals surface area (Å²) in [5, 5.41) is 4.23. The maximum atomic E-state index is 12.9. The average molecular weight is 481 g/mol. The van der Waals surface area contributed by atoms with Crippen LogP contribution in [-0.2, 0) is 35.6 Å². The number of rotatable bonds is 6. The van der Waals surface area contributed by atoms with Gasteiger partial charge in [-0.1, -0.05) is 60.1 Å². The third kappa shape index (κ3) is 5.11. The van der Waals surface area contributed by atoms with Crippen molar-refractivity contribution in [2.24, 2.45) is 5.92 Å². The molecule has 1 saturated heterocycles. The smallest absolute Gasteiger partial charge is 0.231 e. The first-order valence-corrected chi connectivity index (χ1v) is 12.3. The number of amides is 2. The minimum atomic E-state index is -0.379. The summed E-state index contributed by atoms with van der Waals surface area (Å²) in [5.74, 6) is -0.544. The molecule has 6 nitrogen and oxygen atoms in total. The molecular formula is C25H25ClN4O2S. The molecule has 0 radical (unpaired) electrons. The number of anilines is 1. The highest BCUT2D eigenvalue weighted by molar-refractivity contribution is 7.15. The second-order valence-corrected chi connectivity index (χ2v) is 10.1. The molecule has 2 aliphatic rings. The standard InChI is InChI=1S/C25H25ClN4O2S/c26-20-9-5-4-8-18(20)14-30-15-19(12-23(30)31)24(32)28-25-27-21-10-11-29(16-22(21)33-25)13-17-6-2-1-3-7-17/h1-9,19H,10-16H2,(H,27,28,32). The predicted octanol–water partition coefficient (Wildman–Crippen LogP) is 4.34. The third-order valence-corrected chi connectivity index (χ3v) is 7.56. The van der Waals surface area contributed by atoms with Gasteiger partial charge in [-0.15, -0.1) is 11.3 Å². The lowest BCUT2D eigenvalue weighted by molar-refractivity contribution is -0.128. The second-order valence-electron chi connectivity index (χ2n) is 8.59. The van der Waals surface area contributed by atoms with Gasteiger partial charge < -0.3 is 10.2 Å². The Bertz CT molecular complexity index is 1170. The summed E-state index contributed by atoms with van der Waals surface area (Å²) in [6.07, 6.45) is 1.09. The third-order valence-electron chi connectivity index (χ3n) is 6.19. The van der Waals surface area contributed by atoms with Crippen molar-refractivity contribution in [3.63, 3.8) is 0 Å². The monoisotopic (exact) mass is 480 g/mol. The molecule has 170 valence electrons. The maximum absolute atomic E-state index is 12.9. The molecular weight excluding hydrogens is 456 g/mol. The molecule has 2 amide bonds. The molecule has 1 fully saturated rings. The number of nitrogens with zero attached hydrogens (tertiary/aromatic N) is 3. The van der Waals surface area contributed by atoms with Crippen LogP contribution in [0.25, 0.3) is 0 Å². The summed E-state index contributed by atoms with van der Waals surface area (Å²) < 4.78 is 0. The molecule has 5 rings (SSSR count). The van der Waals surface area contributed by atoms with Gasteiger partial charge in [0, 0.05) is 55.5 Å². The lowest BCUT2D eigenvalue weighted by atomic mass is 10.1. The summed E-state index contributed by atoms with van der Waals surface area (Å²) in [5.41, 5.74) is 3.26. The van der Waals surface area contributed by atoms with Crippen molar-refractivity contribution < 1.29 is 9.59 Å². The molecule has 0 aliphatic carbocycles. The number of halogens is 1. The van der Waals surface area contributed by atoms with E-state index in [0.29, 0.717) is 23.2 Å². The van der Waals surface area contributed by atoms with Crippen molar-refractivity contribution in [1.29, 1.82) is 0 Å². The molecule has 3 aromatic rings. The zero-order valence-electron chi connectivity index (χ0n) is 18.2. The lowest BCUT2D eigenvalue weighted by Gasteiger charge is -2.25. The summed E-state index contributed by atoms with van der Waals surface area (Å²) in [4.78, 5) is 35.4. The van der Waals surface area contributed by atoms with Crippen LogP contribution in [0.4, 0.5) is 5.13 Å². The highest BCUT2D eigenvalue weighted by Gasteiger charge is 2.35. The molecule has 3 heterocycles. The van der Waals surface area contributed by atoms with Gasteiger partial charge in [0.05, 0.1) is 11.6 Å². The van der Waals surface area contributed by atoms with Crippen LogP contribution >= 0.6 is 22.9 Å². The van der Waals surface area contributed by atoms with E-state index in [9.17, 15) is 9.59 Å². The number of carbonyl (C=O) groups excluding carboxylic acids is 2. The number of hydrogen-bond donors (Lipinski definition) is 1. The van der Waals surface area contributed by atoms with Crippen LogP contribution in [0.2, 0.25) is 5.02 Å². The second kappa shape index (κ2) is 9.63. The summed E-state index contributed by atoms with van der Waals surface area (Å²) >= 11 is 7.78. The summed E-state index contributed by atoms with van der Waals surface area (Å²) in [6, 6.07) is 17.9. The largest absolute Gasteiger partial charge is 0.337 e. The fraction of sp³-hybridized carbons (Fsp3) is 0.320. The van der Waals surface area contributed by atoms with Crippen LogP contribution in [0.15, 0.2) is 54.6 Å². The van der Waals surface area contributed by atoms with E-state index in [0.717, 1.165) is 37.3 Å². The van der Waals surface area contributed by atoms with Crippen LogP contribution in [0.5, 0.6) is 0 Å². The molecule has 0 bridgehead atoms. The minimum absolute atomic E-state index is 0.0231. The highest BCUT2D eigenvalue weighted by atomic mass is 35.5. The molecule has 1 N–H and O–H groups in total. The topological polar surface area (TPSA) is 65.5 Å². The van der Waals surface area contributed by atoms with Gasteiger partial charge >= 0.3 is 0 Å². The van der Waals surface area contributed by atoms with Crippen molar-refractivity contribution >= 4 is 39.9 Å². The van der Waals surface area contributed by atoms with Crippen LogP contribution < -0.4 is 5.32 Å². The van der Waals surface area contributed by atoms with Crippen molar-refractivity contribution in [1.82, 2.24) is 14.8 Å². The number of benzene rings is 2. The predicted molar refractivity (Wildman–Crippen MR) is 130 cm³/mol. The Morgan fingerprint density at radius 3 is 2.73 bits per heavy atom. The van der Waals surface area contributed by atoms with Gasteiger partial charge in [-0.05, 0) is 17.2 Å². The van der Waals surface area contributed by atoms with Gasteiger partial charge in [0.25, 0.3) is 0 Å². The molecule has 0 saturated carbocycles. The summed E-state index contributed by atoms with van der Waals surface area (Å²) in [7, 11) is 0. The quantitative estimate of drug-likeness (QED) is 0.570. The SMILES string of the molecule is O=C(Nc1nc2c(s1)CN(Cc1ccccc1)CC2)C1CC(=O)N(Cc2ccccc2Cl)C1. The number of thiazole rings is 1. The van der Waals surface area contributed by atoms with E-state index in [2.05, 4.69) is 39.5 Å². The molecule has 1 aromatic heterocycles. The van der Waals surface area contributed by atoms with E-state index >= 15 is 0 Å². The van der Waals surface area contributed by atoms with E-state index in [4.69, 9.17) is 11.6 Å². The Hall–Kier alpha value is -2.74. The zero-order valence-corrected chi connectivity index (χ0v) is 19.7. The Morgan fingerprint density at radius 2 is 1.91 bits per heavy atom. The van der Waals surface area contributed by atoms with E-state index in [1.165, 1.54) is 10.4 Å². The first kappa shape index (κ1) is 22.1. The summed E-state index contributed by atoms with van der Waals surface area (Å²) in [6.45, 7) is 3.51. The number of hydrogen-bond acceptors (Lipinski definition) is 5. The van der Waals surface area contributed by atoms with Crippen molar-refractivity contribution in [2.45, 2.75) is 32.5 Å². The Balaban J connectivity index is 1.18. The van der Waals surface area contributed by atoms with E-state index in [1.54, 1.807) is 16.2 Å². The zero-order chi connectivity index (χ0) is 22.8. The number of nitrogens with one attached hydrogen (secondary N) is 1. The van der Waals surface area contributed by atoms with Crippen LogP contribution in [-0.4, -0.2) is 39.7 Å². The molecule has 1 unspecified atom stereocenters. The molecule has 8 heteroatoms. The lowest BCUT2D eigenvalue weighted by Crippen LogP contribution is -2.29. The molecule has 2 aromatic carbocycles. The van der Waals surface area contributed by atoms with Gasteiger partial charge in [0.1, 0.15) is 0 Å². The van der Waals surface area contributed by atoms with Crippen LogP contribution in [0.3, 0.4) is 0 Å². The molecule has 0 spiro atoms. The van der Waals surface area contributed by atoms with Gasteiger partial charge in [-0.25, -0.2) is 4.98 Å². The van der Waals surface area contributed by atoms with Crippen molar-refractivity contribution in [2.75, 3.05) is 18.4 Å². The Labute approximate surface area is 202 Å². The number of aromatic nitrogens is 1. The van der Waals surface area contributed by atoms with Crippen molar-refractivity contribution in [3.05, 3.63) is 81.3 Å². The Morgan fingerprint density at radius 1 is 1.12 bits per heavy atom. The van der Waals surface area contributed by atoms with Crippen LogP contribution in [0.1, 0.15) is 28.1 Å². The van der Waals surface area contributed by atoms with Gasteiger partial charge in [-0.3, -0.25) is 14.5 Å². The number of carbonyl (C=O) groups is 2. The van der Waals surface area contributed by atoms with Gasteiger partial charge in [-0.2, -0.15) is 0 Å². The molecule has 1 atom stereocenters. The van der Waals surface area contributed by atoms with E-state index in [-0.39, 0.29) is 24.2 Å². The molecule has 33 heavy (non-hydrogen) atoms.